The number of pyridine rings is 1. The van der Waals surface area contributed by atoms with Crippen LogP contribution in [0.15, 0.2) is 51.6 Å². The van der Waals surface area contributed by atoms with E-state index in [4.69, 9.17) is 9.15 Å². The number of fused-ring (bicyclic) bond motifs is 1. The topological polar surface area (TPSA) is 84.7 Å². The van der Waals surface area contributed by atoms with E-state index in [2.05, 4.69) is 16.9 Å². The van der Waals surface area contributed by atoms with Gasteiger partial charge in [-0.15, -0.1) is 11.3 Å². The number of carbonyl (C=O) groups excluding carboxylic acids is 1. The molecule has 3 aromatic rings. The minimum absolute atomic E-state index is 0.0665. The molecule has 0 atom stereocenters. The number of ether oxygens (including phenoxy) is 1. The van der Waals surface area contributed by atoms with Crippen molar-refractivity contribution in [3.63, 3.8) is 0 Å². The number of amides is 1. The highest BCUT2D eigenvalue weighted by Gasteiger charge is 2.18. The number of nitrogens with zero attached hydrogens (tertiary/aromatic N) is 2. The summed E-state index contributed by atoms with van der Waals surface area (Å²) in [5.74, 6) is 0.615. The Balaban J connectivity index is 1.77. The van der Waals surface area contributed by atoms with E-state index in [1.54, 1.807) is 12.3 Å². The number of anilines is 2. The molecule has 0 aliphatic carbocycles. The Bertz CT molecular complexity index is 1070. The van der Waals surface area contributed by atoms with E-state index >= 15 is 0 Å². The molecule has 1 fully saturated rings. The fourth-order valence-corrected chi connectivity index (χ4v) is 3.83. The van der Waals surface area contributed by atoms with Gasteiger partial charge in [0.2, 0.25) is 11.3 Å². The van der Waals surface area contributed by atoms with Gasteiger partial charge in [0.25, 0.3) is 0 Å². The van der Waals surface area contributed by atoms with Crippen molar-refractivity contribution in [3.8, 4) is 11.1 Å². The third kappa shape index (κ3) is 3.49. The molecule has 0 bridgehead atoms. The second-order valence-electron chi connectivity index (χ2n) is 5.98. The molecule has 1 aliphatic rings. The predicted octanol–water partition coefficient (Wildman–Crippen LogP) is 2.88. The SMILES string of the molecule is C=CC(=O)Nc1cc(-c2csc3c(=O)cc(N4CCOCC4)oc23)ccn1. The molecule has 138 valence electrons. The highest BCUT2D eigenvalue weighted by molar-refractivity contribution is 7.17. The summed E-state index contributed by atoms with van der Waals surface area (Å²) in [6.07, 6.45) is 2.78. The molecular formula is C19H17N3O4S. The van der Waals surface area contributed by atoms with E-state index in [1.165, 1.54) is 23.5 Å². The van der Waals surface area contributed by atoms with Crippen molar-refractivity contribution in [1.82, 2.24) is 4.98 Å². The molecule has 1 saturated heterocycles. The molecule has 0 aromatic carbocycles. The third-order valence-electron chi connectivity index (χ3n) is 4.26. The third-order valence-corrected chi connectivity index (χ3v) is 5.24. The lowest BCUT2D eigenvalue weighted by Crippen LogP contribution is -2.36. The van der Waals surface area contributed by atoms with E-state index in [0.29, 0.717) is 48.3 Å². The fraction of sp³-hybridized carbons (Fsp3) is 0.211. The number of thiophene rings is 1. The molecule has 0 radical (unpaired) electrons. The van der Waals surface area contributed by atoms with Gasteiger partial charge < -0.3 is 19.4 Å². The molecule has 7 nitrogen and oxygen atoms in total. The van der Waals surface area contributed by atoms with Crippen LogP contribution < -0.4 is 15.6 Å². The average molecular weight is 383 g/mol. The minimum Gasteiger partial charge on any atom is -0.439 e. The van der Waals surface area contributed by atoms with E-state index in [1.807, 2.05) is 16.3 Å². The second kappa shape index (κ2) is 7.34. The van der Waals surface area contributed by atoms with Crippen LogP contribution in [0.25, 0.3) is 21.4 Å². The van der Waals surface area contributed by atoms with E-state index in [0.717, 1.165) is 11.1 Å². The van der Waals surface area contributed by atoms with Crippen molar-refractivity contribution in [1.29, 1.82) is 0 Å². The maximum Gasteiger partial charge on any atom is 0.248 e. The van der Waals surface area contributed by atoms with Gasteiger partial charge in [-0.1, -0.05) is 6.58 Å². The van der Waals surface area contributed by atoms with E-state index < -0.39 is 0 Å². The molecule has 1 aliphatic heterocycles. The summed E-state index contributed by atoms with van der Waals surface area (Å²) in [6, 6.07) is 5.09. The molecule has 8 heteroatoms. The Morgan fingerprint density at radius 1 is 1.33 bits per heavy atom. The molecule has 1 N–H and O–H groups in total. The lowest BCUT2D eigenvalue weighted by Gasteiger charge is -2.27. The molecule has 27 heavy (non-hydrogen) atoms. The zero-order valence-electron chi connectivity index (χ0n) is 14.4. The highest BCUT2D eigenvalue weighted by atomic mass is 32.1. The summed E-state index contributed by atoms with van der Waals surface area (Å²) in [4.78, 5) is 30.2. The van der Waals surface area contributed by atoms with Crippen LogP contribution >= 0.6 is 11.3 Å². The Morgan fingerprint density at radius 2 is 2.15 bits per heavy atom. The van der Waals surface area contributed by atoms with E-state index in [9.17, 15) is 9.59 Å². The molecule has 3 aromatic heterocycles. The zero-order valence-corrected chi connectivity index (χ0v) is 15.3. The number of morpholine rings is 1. The van der Waals surface area contributed by atoms with Gasteiger partial charge in [-0.3, -0.25) is 9.59 Å². The molecule has 4 rings (SSSR count). The maximum atomic E-state index is 12.6. The maximum absolute atomic E-state index is 12.6. The van der Waals surface area contributed by atoms with Crippen LogP contribution in [-0.2, 0) is 9.53 Å². The number of nitrogens with one attached hydrogen (secondary N) is 1. The molecular weight excluding hydrogens is 366 g/mol. The molecule has 4 heterocycles. The second-order valence-corrected chi connectivity index (χ2v) is 6.86. The number of rotatable bonds is 4. The molecule has 0 unspecified atom stereocenters. The Kier molecular flexibility index (Phi) is 4.74. The molecule has 1 amide bonds. The van der Waals surface area contributed by atoms with Crippen molar-refractivity contribution >= 4 is 39.2 Å². The average Bonchev–Trinajstić information content (AvgIpc) is 3.13. The predicted molar refractivity (Wildman–Crippen MR) is 105 cm³/mol. The Morgan fingerprint density at radius 3 is 2.93 bits per heavy atom. The van der Waals surface area contributed by atoms with Crippen molar-refractivity contribution in [3.05, 3.63) is 52.7 Å². The smallest absolute Gasteiger partial charge is 0.248 e. The van der Waals surface area contributed by atoms with Crippen molar-refractivity contribution in [2.24, 2.45) is 0 Å². The van der Waals surface area contributed by atoms with Gasteiger partial charge in [-0.05, 0) is 23.8 Å². The summed E-state index contributed by atoms with van der Waals surface area (Å²) in [5, 5.41) is 4.52. The summed E-state index contributed by atoms with van der Waals surface area (Å²) in [5.41, 5.74) is 2.07. The zero-order chi connectivity index (χ0) is 18.8. The number of aromatic nitrogens is 1. The lowest BCUT2D eigenvalue weighted by atomic mass is 10.1. The summed E-state index contributed by atoms with van der Waals surface area (Å²) in [7, 11) is 0. The fourth-order valence-electron chi connectivity index (χ4n) is 2.91. The first-order valence-electron chi connectivity index (χ1n) is 8.43. The van der Waals surface area contributed by atoms with Gasteiger partial charge in [0, 0.05) is 36.3 Å². The van der Waals surface area contributed by atoms with Crippen molar-refractivity contribution in [2.75, 3.05) is 36.5 Å². The quantitative estimate of drug-likeness (QED) is 0.698. The number of hydrogen-bond acceptors (Lipinski definition) is 7. The minimum atomic E-state index is -0.337. The first kappa shape index (κ1) is 17.4. The van der Waals surface area contributed by atoms with Crippen LogP contribution in [0.2, 0.25) is 0 Å². The molecule has 0 spiro atoms. The van der Waals surface area contributed by atoms with Crippen LogP contribution in [-0.4, -0.2) is 37.2 Å². The van der Waals surface area contributed by atoms with Gasteiger partial charge in [0.05, 0.1) is 13.2 Å². The van der Waals surface area contributed by atoms with Gasteiger partial charge in [-0.2, -0.15) is 0 Å². The largest absolute Gasteiger partial charge is 0.439 e. The number of hydrogen-bond donors (Lipinski definition) is 1. The van der Waals surface area contributed by atoms with Gasteiger partial charge in [-0.25, -0.2) is 4.98 Å². The summed E-state index contributed by atoms with van der Waals surface area (Å²) >= 11 is 1.34. The van der Waals surface area contributed by atoms with Gasteiger partial charge in [0.15, 0.2) is 11.5 Å². The summed E-state index contributed by atoms with van der Waals surface area (Å²) < 4.78 is 12.0. The van der Waals surface area contributed by atoms with Gasteiger partial charge >= 0.3 is 0 Å². The van der Waals surface area contributed by atoms with Crippen molar-refractivity contribution in [2.45, 2.75) is 0 Å². The summed E-state index contributed by atoms with van der Waals surface area (Å²) in [6.45, 7) is 6.01. The Labute approximate surface area is 158 Å². The van der Waals surface area contributed by atoms with Crippen LogP contribution in [0, 0.1) is 0 Å². The molecule has 0 saturated carbocycles. The Hall–Kier alpha value is -2.97. The van der Waals surface area contributed by atoms with Crippen LogP contribution in [0.4, 0.5) is 11.7 Å². The standard InChI is InChI=1S/C19H17N3O4S/c1-2-16(24)21-15-9-12(3-4-20-15)13-11-27-19-14(23)10-17(26-18(13)19)22-5-7-25-8-6-22/h2-4,9-11H,1,5-8H2,(H,20,21,24). The number of carbonyl (C=O) groups is 1. The first-order valence-corrected chi connectivity index (χ1v) is 9.31. The highest BCUT2D eigenvalue weighted by Crippen LogP contribution is 2.35. The normalized spacial score (nSPS) is 14.3. The van der Waals surface area contributed by atoms with Crippen LogP contribution in [0.3, 0.4) is 0 Å². The monoisotopic (exact) mass is 383 g/mol. The van der Waals surface area contributed by atoms with Crippen molar-refractivity contribution < 1.29 is 13.9 Å². The lowest BCUT2D eigenvalue weighted by molar-refractivity contribution is -0.111. The van der Waals surface area contributed by atoms with Crippen LogP contribution in [0.5, 0.6) is 0 Å². The first-order chi connectivity index (χ1) is 13.2. The van der Waals surface area contributed by atoms with E-state index in [-0.39, 0.29) is 11.3 Å². The van der Waals surface area contributed by atoms with Crippen LogP contribution in [0.1, 0.15) is 0 Å². The van der Waals surface area contributed by atoms with Gasteiger partial charge in [0.1, 0.15) is 10.5 Å².